The number of imide groups is 2. The smallest absolute Gasteiger partial charge is 0.343 e. The molecule has 4 heterocycles. The van der Waals surface area contributed by atoms with E-state index in [-0.39, 0.29) is 18.5 Å². The summed E-state index contributed by atoms with van der Waals surface area (Å²) in [5, 5.41) is 5.22. The standard InChI is InChI=1S/C28H30Cl2N6O4/c29-22-2-1-3-23(25(22)30)34-14-12-33(13-15-34)19-6-9-32(10-7-19)17-18-4-5-20-21(16-18)27(39)36(26(20)38)35-11-8-24(37)31-28(35)40/h1-5,16,19H,6-15,17H2,(H,31,37,40). The van der Waals surface area contributed by atoms with Crippen molar-refractivity contribution in [2.75, 3.05) is 50.7 Å². The van der Waals surface area contributed by atoms with E-state index in [9.17, 15) is 19.2 Å². The molecule has 10 nitrogen and oxygen atoms in total. The molecule has 0 aliphatic carbocycles. The van der Waals surface area contributed by atoms with Crippen LogP contribution >= 0.6 is 23.2 Å². The van der Waals surface area contributed by atoms with Crippen LogP contribution < -0.4 is 10.2 Å². The van der Waals surface area contributed by atoms with Gasteiger partial charge in [-0.25, -0.2) is 9.80 Å². The minimum absolute atomic E-state index is 0.0126. The van der Waals surface area contributed by atoms with Gasteiger partial charge in [0.1, 0.15) is 0 Å². The molecule has 0 aromatic heterocycles. The number of likely N-dealkylation sites (tertiary alicyclic amines) is 1. The van der Waals surface area contributed by atoms with Crippen molar-refractivity contribution in [3.8, 4) is 0 Å². The van der Waals surface area contributed by atoms with Crippen molar-refractivity contribution in [1.82, 2.24) is 25.1 Å². The molecule has 4 aliphatic heterocycles. The largest absolute Gasteiger partial charge is 0.368 e. The highest BCUT2D eigenvalue weighted by Crippen LogP contribution is 2.33. The lowest BCUT2D eigenvalue weighted by molar-refractivity contribution is -0.122. The normalized spacial score (nSPS) is 21.3. The Morgan fingerprint density at radius 3 is 2.27 bits per heavy atom. The Hall–Kier alpha value is -3.18. The fourth-order valence-electron chi connectivity index (χ4n) is 6.10. The van der Waals surface area contributed by atoms with E-state index in [4.69, 9.17) is 23.2 Å². The first-order valence-electron chi connectivity index (χ1n) is 13.6. The number of rotatable bonds is 5. The van der Waals surface area contributed by atoms with Crippen molar-refractivity contribution >= 4 is 52.6 Å². The van der Waals surface area contributed by atoms with Gasteiger partial charge in [0.15, 0.2) is 0 Å². The van der Waals surface area contributed by atoms with Crippen molar-refractivity contribution in [2.24, 2.45) is 0 Å². The number of fused-ring (bicyclic) bond motifs is 1. The Balaban J connectivity index is 1.03. The first kappa shape index (κ1) is 27.0. The van der Waals surface area contributed by atoms with Gasteiger partial charge in [0, 0.05) is 45.2 Å². The summed E-state index contributed by atoms with van der Waals surface area (Å²) in [6.07, 6.45) is 2.17. The molecule has 2 aromatic rings. The zero-order valence-corrected chi connectivity index (χ0v) is 23.5. The maximum atomic E-state index is 13.1. The number of nitrogens with zero attached hydrogens (tertiary/aromatic N) is 5. The number of benzene rings is 2. The van der Waals surface area contributed by atoms with Gasteiger partial charge >= 0.3 is 6.03 Å². The SMILES string of the molecule is O=C1CCN(N2C(=O)c3ccc(CN4CCC(N5CCN(c6cccc(Cl)c6Cl)CC5)CC4)cc3C2=O)C(=O)N1. The highest BCUT2D eigenvalue weighted by Gasteiger charge is 2.43. The van der Waals surface area contributed by atoms with Crippen LogP contribution in [-0.4, -0.2) is 95.4 Å². The molecule has 3 fully saturated rings. The third kappa shape index (κ3) is 5.05. The lowest BCUT2D eigenvalue weighted by Gasteiger charge is -2.43. The van der Waals surface area contributed by atoms with Crippen LogP contribution in [0.25, 0.3) is 0 Å². The van der Waals surface area contributed by atoms with E-state index in [1.165, 1.54) is 0 Å². The van der Waals surface area contributed by atoms with Crippen LogP contribution in [0.5, 0.6) is 0 Å². The average molecular weight is 585 g/mol. The summed E-state index contributed by atoms with van der Waals surface area (Å²) in [5.74, 6) is -1.51. The fraction of sp³-hybridized carbons (Fsp3) is 0.429. The van der Waals surface area contributed by atoms with Crippen LogP contribution in [0.1, 0.15) is 45.5 Å². The first-order valence-corrected chi connectivity index (χ1v) is 14.3. The number of carbonyl (C=O) groups excluding carboxylic acids is 4. The maximum Gasteiger partial charge on any atom is 0.343 e. The molecule has 3 saturated heterocycles. The van der Waals surface area contributed by atoms with Crippen LogP contribution in [0.4, 0.5) is 10.5 Å². The van der Waals surface area contributed by atoms with Crippen LogP contribution in [-0.2, 0) is 11.3 Å². The Bertz CT molecular complexity index is 1370. The Kier molecular flexibility index (Phi) is 7.43. The van der Waals surface area contributed by atoms with Gasteiger partial charge in [0.2, 0.25) is 5.91 Å². The molecule has 2 aromatic carbocycles. The van der Waals surface area contributed by atoms with E-state index in [1.807, 2.05) is 24.3 Å². The number of hydrogen-bond acceptors (Lipinski definition) is 7. The van der Waals surface area contributed by atoms with Crippen molar-refractivity contribution in [3.05, 3.63) is 63.1 Å². The van der Waals surface area contributed by atoms with E-state index in [2.05, 4.69) is 20.0 Å². The molecule has 5 amide bonds. The monoisotopic (exact) mass is 584 g/mol. The molecule has 0 unspecified atom stereocenters. The number of urea groups is 1. The molecule has 1 N–H and O–H groups in total. The third-order valence-corrected chi connectivity index (χ3v) is 9.08. The second-order valence-electron chi connectivity index (χ2n) is 10.6. The van der Waals surface area contributed by atoms with Crippen LogP contribution in [0.15, 0.2) is 36.4 Å². The summed E-state index contributed by atoms with van der Waals surface area (Å²) in [6.45, 7) is 6.35. The van der Waals surface area contributed by atoms with Crippen molar-refractivity contribution < 1.29 is 19.2 Å². The molecular weight excluding hydrogens is 555 g/mol. The van der Waals surface area contributed by atoms with Crippen molar-refractivity contribution in [3.63, 3.8) is 0 Å². The summed E-state index contributed by atoms with van der Waals surface area (Å²) in [6, 6.07) is 10.8. The lowest BCUT2D eigenvalue weighted by atomic mass is 10.0. The molecule has 6 rings (SSSR count). The summed E-state index contributed by atoms with van der Waals surface area (Å²) in [5.41, 5.74) is 2.51. The Labute approximate surface area is 242 Å². The number of hydrazine groups is 1. The van der Waals surface area contributed by atoms with Gasteiger partial charge in [-0.1, -0.05) is 35.3 Å². The number of halogens is 2. The van der Waals surface area contributed by atoms with Gasteiger partial charge in [-0.05, 0) is 55.8 Å². The van der Waals surface area contributed by atoms with Gasteiger partial charge in [0.25, 0.3) is 11.8 Å². The number of nitrogens with one attached hydrogen (secondary N) is 1. The highest BCUT2D eigenvalue weighted by atomic mass is 35.5. The minimum atomic E-state index is -0.761. The molecule has 40 heavy (non-hydrogen) atoms. The zero-order chi connectivity index (χ0) is 28.0. The Morgan fingerprint density at radius 1 is 0.825 bits per heavy atom. The fourth-order valence-corrected chi connectivity index (χ4v) is 6.52. The van der Waals surface area contributed by atoms with E-state index < -0.39 is 23.8 Å². The average Bonchev–Trinajstić information content (AvgIpc) is 3.20. The number of amides is 5. The highest BCUT2D eigenvalue weighted by molar-refractivity contribution is 6.43. The quantitative estimate of drug-likeness (QED) is 0.539. The van der Waals surface area contributed by atoms with E-state index in [0.717, 1.165) is 73.4 Å². The molecule has 0 bridgehead atoms. The van der Waals surface area contributed by atoms with Crippen molar-refractivity contribution in [2.45, 2.75) is 31.8 Å². The van der Waals surface area contributed by atoms with Gasteiger partial charge < -0.3 is 4.90 Å². The Morgan fingerprint density at radius 2 is 1.55 bits per heavy atom. The van der Waals surface area contributed by atoms with Crippen LogP contribution in [0.2, 0.25) is 10.0 Å². The number of anilines is 1. The minimum Gasteiger partial charge on any atom is -0.368 e. The molecule has 0 atom stereocenters. The molecular formula is C28H30Cl2N6O4. The van der Waals surface area contributed by atoms with E-state index in [1.54, 1.807) is 12.1 Å². The lowest BCUT2D eigenvalue weighted by Crippen LogP contribution is -2.58. The van der Waals surface area contributed by atoms with E-state index >= 15 is 0 Å². The van der Waals surface area contributed by atoms with Gasteiger partial charge in [-0.3, -0.25) is 29.5 Å². The predicted molar refractivity (Wildman–Crippen MR) is 150 cm³/mol. The summed E-state index contributed by atoms with van der Waals surface area (Å²) >= 11 is 12.6. The number of piperidine rings is 1. The van der Waals surface area contributed by atoms with Gasteiger partial charge in [-0.2, -0.15) is 5.01 Å². The molecule has 4 aliphatic rings. The topological polar surface area (TPSA) is 96.5 Å². The number of carbonyl (C=O) groups is 4. The molecule has 210 valence electrons. The summed E-state index contributed by atoms with van der Waals surface area (Å²) < 4.78 is 0. The van der Waals surface area contributed by atoms with Crippen LogP contribution in [0, 0.1) is 0 Å². The zero-order valence-electron chi connectivity index (χ0n) is 21.9. The second-order valence-corrected chi connectivity index (χ2v) is 11.4. The summed E-state index contributed by atoms with van der Waals surface area (Å²) in [7, 11) is 0. The number of piperazine rings is 1. The van der Waals surface area contributed by atoms with Crippen molar-refractivity contribution in [1.29, 1.82) is 0 Å². The van der Waals surface area contributed by atoms with E-state index in [0.29, 0.717) is 28.2 Å². The molecule has 0 saturated carbocycles. The second kappa shape index (κ2) is 11.0. The summed E-state index contributed by atoms with van der Waals surface area (Å²) in [4.78, 5) is 57.0. The van der Waals surface area contributed by atoms with Gasteiger partial charge in [0.05, 0.1) is 33.4 Å². The molecule has 0 spiro atoms. The number of hydrogen-bond donors (Lipinski definition) is 1. The molecule has 12 heteroatoms. The third-order valence-electron chi connectivity index (χ3n) is 8.27. The van der Waals surface area contributed by atoms with Gasteiger partial charge in [-0.15, -0.1) is 0 Å². The predicted octanol–water partition coefficient (Wildman–Crippen LogP) is 3.23. The van der Waals surface area contributed by atoms with Crippen LogP contribution in [0.3, 0.4) is 0 Å². The molecule has 0 radical (unpaired) electrons. The maximum absolute atomic E-state index is 13.1. The first-order chi connectivity index (χ1) is 19.3.